The lowest BCUT2D eigenvalue weighted by atomic mass is 10.1. The van der Waals surface area contributed by atoms with Gasteiger partial charge in [-0.1, -0.05) is 0 Å². The fourth-order valence-corrected chi connectivity index (χ4v) is 3.78. The highest BCUT2D eigenvalue weighted by Gasteiger charge is 2.22. The number of benzene rings is 1. The zero-order valence-corrected chi connectivity index (χ0v) is 14.6. The van der Waals surface area contributed by atoms with Crippen molar-refractivity contribution >= 4 is 15.9 Å². The van der Waals surface area contributed by atoms with Gasteiger partial charge in [-0.25, -0.2) is 13.1 Å². The monoisotopic (exact) mass is 340 g/mol. The Kier molecular flexibility index (Phi) is 5.44. The molecule has 1 aliphatic rings. The average Bonchev–Trinajstić information content (AvgIpc) is 2.95. The Morgan fingerprint density at radius 1 is 1.26 bits per heavy atom. The molecule has 0 spiro atoms. The van der Waals surface area contributed by atoms with Crippen LogP contribution in [0, 0.1) is 0 Å². The molecule has 1 aliphatic heterocycles. The Bertz CT molecular complexity index is 642. The lowest BCUT2D eigenvalue weighted by molar-refractivity contribution is 0.0857. The van der Waals surface area contributed by atoms with Gasteiger partial charge < -0.3 is 10.1 Å². The average molecular weight is 340 g/mol. The van der Waals surface area contributed by atoms with E-state index in [9.17, 15) is 13.2 Å². The van der Waals surface area contributed by atoms with Crippen LogP contribution in [0.3, 0.4) is 0 Å². The molecule has 1 fully saturated rings. The maximum absolute atomic E-state index is 12.2. The molecule has 1 aromatic carbocycles. The molecule has 7 heteroatoms. The summed E-state index contributed by atoms with van der Waals surface area (Å²) >= 11 is 0. The van der Waals surface area contributed by atoms with Gasteiger partial charge >= 0.3 is 0 Å². The van der Waals surface area contributed by atoms with Crippen LogP contribution in [0.2, 0.25) is 0 Å². The minimum Gasteiger partial charge on any atom is -0.376 e. The maximum Gasteiger partial charge on any atom is 0.251 e. The minimum atomic E-state index is -3.59. The van der Waals surface area contributed by atoms with Gasteiger partial charge in [-0.15, -0.1) is 0 Å². The molecule has 1 unspecified atom stereocenters. The van der Waals surface area contributed by atoms with Gasteiger partial charge in [0, 0.05) is 24.3 Å². The van der Waals surface area contributed by atoms with Crippen LogP contribution in [0.15, 0.2) is 29.2 Å². The summed E-state index contributed by atoms with van der Waals surface area (Å²) in [6.07, 6.45) is 2.05. The molecule has 6 nitrogen and oxygen atoms in total. The predicted octanol–water partition coefficient (Wildman–Crippen LogP) is 1.67. The normalized spacial score (nSPS) is 18.8. The molecule has 2 N–H and O–H groups in total. The van der Waals surface area contributed by atoms with E-state index in [-0.39, 0.29) is 16.9 Å². The molecule has 0 bridgehead atoms. The minimum absolute atomic E-state index is 0.0783. The van der Waals surface area contributed by atoms with E-state index in [0.717, 1.165) is 19.4 Å². The summed E-state index contributed by atoms with van der Waals surface area (Å²) in [5.41, 5.74) is -0.131. The van der Waals surface area contributed by atoms with E-state index >= 15 is 0 Å². The number of sulfonamides is 1. The molecular weight excluding hydrogens is 316 g/mol. The van der Waals surface area contributed by atoms with E-state index in [0.29, 0.717) is 12.1 Å². The maximum atomic E-state index is 12.2. The molecule has 23 heavy (non-hydrogen) atoms. The number of ether oxygens (including phenoxy) is 1. The van der Waals surface area contributed by atoms with Gasteiger partial charge in [0.05, 0.1) is 11.0 Å². The van der Waals surface area contributed by atoms with Crippen molar-refractivity contribution in [1.29, 1.82) is 0 Å². The molecule has 0 aromatic heterocycles. The molecule has 1 atom stereocenters. The fourth-order valence-electron chi connectivity index (χ4n) is 2.36. The van der Waals surface area contributed by atoms with Crippen molar-refractivity contribution in [1.82, 2.24) is 10.0 Å². The van der Waals surface area contributed by atoms with Crippen LogP contribution in [0.1, 0.15) is 44.0 Å². The number of hydrogen-bond acceptors (Lipinski definition) is 4. The van der Waals surface area contributed by atoms with E-state index in [1.165, 1.54) is 24.3 Å². The first-order chi connectivity index (χ1) is 10.7. The second kappa shape index (κ2) is 6.98. The van der Waals surface area contributed by atoms with Crippen molar-refractivity contribution in [2.24, 2.45) is 0 Å². The van der Waals surface area contributed by atoms with Crippen molar-refractivity contribution in [3.8, 4) is 0 Å². The second-order valence-electron chi connectivity index (χ2n) is 6.72. The third kappa shape index (κ3) is 5.30. The van der Waals surface area contributed by atoms with Crippen molar-refractivity contribution in [2.75, 3.05) is 13.2 Å². The first kappa shape index (κ1) is 17.9. The molecule has 0 radical (unpaired) electrons. The van der Waals surface area contributed by atoms with Crippen LogP contribution < -0.4 is 10.0 Å². The van der Waals surface area contributed by atoms with E-state index in [1.54, 1.807) is 20.8 Å². The molecule has 0 aliphatic carbocycles. The lowest BCUT2D eigenvalue weighted by Gasteiger charge is -2.20. The Morgan fingerprint density at radius 3 is 2.43 bits per heavy atom. The van der Waals surface area contributed by atoms with Crippen LogP contribution >= 0.6 is 0 Å². The van der Waals surface area contributed by atoms with Crippen LogP contribution in [0.5, 0.6) is 0 Å². The largest absolute Gasteiger partial charge is 0.376 e. The van der Waals surface area contributed by atoms with Gasteiger partial charge in [0.1, 0.15) is 0 Å². The van der Waals surface area contributed by atoms with Crippen molar-refractivity contribution < 1.29 is 17.9 Å². The molecule has 2 rings (SSSR count). The first-order valence-corrected chi connectivity index (χ1v) is 9.19. The molecular formula is C16H24N2O4S. The summed E-state index contributed by atoms with van der Waals surface area (Å²) in [6, 6.07) is 5.91. The molecule has 0 saturated carbocycles. The Balaban J connectivity index is 1.99. The number of amides is 1. The predicted molar refractivity (Wildman–Crippen MR) is 87.8 cm³/mol. The zero-order valence-electron chi connectivity index (χ0n) is 13.8. The topological polar surface area (TPSA) is 84.5 Å². The van der Waals surface area contributed by atoms with E-state index in [2.05, 4.69) is 10.0 Å². The summed E-state index contributed by atoms with van der Waals surface area (Å²) in [5, 5.41) is 2.81. The highest BCUT2D eigenvalue weighted by atomic mass is 32.2. The van der Waals surface area contributed by atoms with E-state index in [4.69, 9.17) is 4.74 Å². The Morgan fingerprint density at radius 2 is 1.91 bits per heavy atom. The fraction of sp³-hybridized carbons (Fsp3) is 0.562. The summed E-state index contributed by atoms with van der Waals surface area (Å²) in [6.45, 7) is 6.55. The standard InChI is InChI=1S/C16H24N2O4S/c1-16(2,3)18-23(20,21)14-8-6-12(7-9-14)15(19)17-11-13-5-4-10-22-13/h6-9,13,18H,4-5,10-11H2,1-3H3,(H,17,19). The van der Waals surface area contributed by atoms with Gasteiger partial charge in [0.25, 0.3) is 5.91 Å². The third-order valence-corrected chi connectivity index (χ3v) is 5.16. The van der Waals surface area contributed by atoms with Gasteiger partial charge in [0.15, 0.2) is 0 Å². The molecule has 1 heterocycles. The first-order valence-electron chi connectivity index (χ1n) is 7.71. The highest BCUT2D eigenvalue weighted by Crippen LogP contribution is 2.14. The highest BCUT2D eigenvalue weighted by molar-refractivity contribution is 7.89. The molecule has 128 valence electrons. The summed E-state index contributed by atoms with van der Waals surface area (Å²) in [4.78, 5) is 12.2. The van der Waals surface area contributed by atoms with Gasteiger partial charge in [-0.05, 0) is 57.9 Å². The van der Waals surface area contributed by atoms with Crippen LogP contribution in [0.25, 0.3) is 0 Å². The third-order valence-electron chi connectivity index (χ3n) is 3.38. The van der Waals surface area contributed by atoms with Gasteiger partial charge in [0.2, 0.25) is 10.0 Å². The molecule has 1 amide bonds. The van der Waals surface area contributed by atoms with E-state index < -0.39 is 15.6 Å². The van der Waals surface area contributed by atoms with Gasteiger partial charge in [-0.2, -0.15) is 0 Å². The smallest absolute Gasteiger partial charge is 0.251 e. The quantitative estimate of drug-likeness (QED) is 0.854. The number of carbonyl (C=O) groups is 1. The molecule has 1 aromatic rings. The number of hydrogen-bond donors (Lipinski definition) is 2. The number of nitrogens with one attached hydrogen (secondary N) is 2. The number of carbonyl (C=O) groups excluding carboxylic acids is 1. The summed E-state index contributed by atoms with van der Waals surface area (Å²) in [5.74, 6) is -0.228. The lowest BCUT2D eigenvalue weighted by Crippen LogP contribution is -2.40. The van der Waals surface area contributed by atoms with Crippen LogP contribution in [-0.2, 0) is 14.8 Å². The SMILES string of the molecule is CC(C)(C)NS(=O)(=O)c1ccc(C(=O)NCC2CCCO2)cc1. The number of rotatable bonds is 5. The Labute approximate surface area is 137 Å². The Hall–Kier alpha value is -1.44. The van der Waals surface area contributed by atoms with Crippen LogP contribution in [0.4, 0.5) is 0 Å². The van der Waals surface area contributed by atoms with Crippen LogP contribution in [-0.4, -0.2) is 39.1 Å². The van der Waals surface area contributed by atoms with Crippen molar-refractivity contribution in [3.05, 3.63) is 29.8 Å². The zero-order chi connectivity index (χ0) is 17.1. The van der Waals surface area contributed by atoms with Crippen molar-refractivity contribution in [2.45, 2.75) is 50.2 Å². The second-order valence-corrected chi connectivity index (χ2v) is 8.41. The van der Waals surface area contributed by atoms with E-state index in [1.807, 2.05) is 0 Å². The molecule has 1 saturated heterocycles. The summed E-state index contributed by atoms with van der Waals surface area (Å²) < 4.78 is 32.4. The van der Waals surface area contributed by atoms with Crippen molar-refractivity contribution in [3.63, 3.8) is 0 Å². The summed E-state index contributed by atoms with van der Waals surface area (Å²) in [7, 11) is -3.59. The van der Waals surface area contributed by atoms with Gasteiger partial charge in [-0.3, -0.25) is 4.79 Å².